The van der Waals surface area contributed by atoms with Crippen molar-refractivity contribution >= 4 is 0 Å². The van der Waals surface area contributed by atoms with Gasteiger partial charge < -0.3 is 14.8 Å². The Morgan fingerprint density at radius 2 is 2.27 bits per heavy atom. The van der Waals surface area contributed by atoms with E-state index in [1.54, 1.807) is 7.11 Å². The van der Waals surface area contributed by atoms with Crippen LogP contribution in [0.3, 0.4) is 0 Å². The molecule has 1 fully saturated rings. The molecule has 3 nitrogen and oxygen atoms in total. The maximum atomic E-state index is 5.34. The van der Waals surface area contributed by atoms with Gasteiger partial charge in [0.1, 0.15) is 5.75 Å². The molecule has 1 saturated heterocycles. The van der Waals surface area contributed by atoms with Crippen LogP contribution in [0.5, 0.6) is 5.75 Å². The first-order valence-electron chi connectivity index (χ1n) is 5.18. The zero-order chi connectivity index (χ0) is 10.7. The van der Waals surface area contributed by atoms with E-state index in [-0.39, 0.29) is 5.41 Å². The molecule has 0 aromatic heterocycles. The van der Waals surface area contributed by atoms with Gasteiger partial charge in [-0.05, 0) is 24.7 Å². The third-order valence-corrected chi connectivity index (χ3v) is 2.95. The summed E-state index contributed by atoms with van der Waals surface area (Å²) in [7, 11) is 3.67. The highest BCUT2D eigenvalue weighted by Crippen LogP contribution is 2.33. The molecule has 82 valence electrons. The van der Waals surface area contributed by atoms with Crippen molar-refractivity contribution in [2.75, 3.05) is 33.9 Å². The fourth-order valence-corrected chi connectivity index (χ4v) is 2.01. The number of hydrogen-bond donors (Lipinski definition) is 1. The summed E-state index contributed by atoms with van der Waals surface area (Å²) in [6.45, 7) is 2.53. The molecule has 0 radical (unpaired) electrons. The van der Waals surface area contributed by atoms with E-state index < -0.39 is 0 Å². The quantitative estimate of drug-likeness (QED) is 0.804. The number of methoxy groups -OCH3 is 1. The third kappa shape index (κ3) is 1.85. The van der Waals surface area contributed by atoms with Crippen LogP contribution in [0.4, 0.5) is 0 Å². The Bertz CT molecular complexity index is 334. The van der Waals surface area contributed by atoms with Crippen molar-refractivity contribution < 1.29 is 9.47 Å². The monoisotopic (exact) mass is 207 g/mol. The van der Waals surface area contributed by atoms with Gasteiger partial charge in [-0.1, -0.05) is 12.1 Å². The van der Waals surface area contributed by atoms with Gasteiger partial charge in [0.15, 0.2) is 0 Å². The molecule has 1 N–H and O–H groups in total. The lowest BCUT2D eigenvalue weighted by Gasteiger charge is -2.42. The molecule has 0 amide bonds. The maximum absolute atomic E-state index is 5.34. The molecule has 2 rings (SSSR count). The van der Waals surface area contributed by atoms with Crippen LogP contribution in [0.15, 0.2) is 24.3 Å². The lowest BCUT2D eigenvalue weighted by atomic mass is 9.78. The average Bonchev–Trinajstić information content (AvgIpc) is 2.23. The molecule has 0 aliphatic carbocycles. The Morgan fingerprint density at radius 1 is 1.47 bits per heavy atom. The molecule has 1 aliphatic heterocycles. The van der Waals surface area contributed by atoms with Gasteiger partial charge in [0, 0.05) is 6.54 Å². The number of likely N-dealkylation sites (N-methyl/N-ethyl adjacent to an activating group) is 1. The SMILES string of the molecule is CNCC1(c2cccc(OC)c2)COC1. The Morgan fingerprint density at radius 3 is 2.80 bits per heavy atom. The van der Waals surface area contributed by atoms with Gasteiger partial charge in [-0.2, -0.15) is 0 Å². The van der Waals surface area contributed by atoms with Crippen LogP contribution in [0.2, 0.25) is 0 Å². The predicted molar refractivity (Wildman–Crippen MR) is 59.4 cm³/mol. The van der Waals surface area contributed by atoms with Gasteiger partial charge in [0.25, 0.3) is 0 Å². The topological polar surface area (TPSA) is 30.5 Å². The zero-order valence-electron chi connectivity index (χ0n) is 9.25. The average molecular weight is 207 g/mol. The second-order valence-corrected chi connectivity index (χ2v) is 4.04. The van der Waals surface area contributed by atoms with E-state index in [2.05, 4.69) is 17.4 Å². The summed E-state index contributed by atoms with van der Waals surface area (Å²) < 4.78 is 10.6. The van der Waals surface area contributed by atoms with Crippen molar-refractivity contribution in [1.82, 2.24) is 5.32 Å². The summed E-state index contributed by atoms with van der Waals surface area (Å²) in [6.07, 6.45) is 0. The smallest absolute Gasteiger partial charge is 0.119 e. The van der Waals surface area contributed by atoms with Crippen molar-refractivity contribution in [1.29, 1.82) is 0 Å². The molecule has 1 heterocycles. The fraction of sp³-hybridized carbons (Fsp3) is 0.500. The van der Waals surface area contributed by atoms with E-state index in [0.29, 0.717) is 0 Å². The summed E-state index contributed by atoms with van der Waals surface area (Å²) in [5, 5.41) is 3.23. The summed E-state index contributed by atoms with van der Waals surface area (Å²) in [5.41, 5.74) is 1.44. The molecule has 1 aromatic rings. The van der Waals surface area contributed by atoms with E-state index in [1.165, 1.54) is 5.56 Å². The molecule has 0 bridgehead atoms. The molecule has 1 aromatic carbocycles. The van der Waals surface area contributed by atoms with E-state index >= 15 is 0 Å². The Kier molecular flexibility index (Phi) is 2.93. The summed E-state index contributed by atoms with van der Waals surface area (Å²) in [5.74, 6) is 0.912. The van der Waals surface area contributed by atoms with E-state index in [1.807, 2.05) is 19.2 Å². The van der Waals surface area contributed by atoms with Crippen LogP contribution in [0, 0.1) is 0 Å². The van der Waals surface area contributed by atoms with Gasteiger partial charge in [-0.3, -0.25) is 0 Å². The predicted octanol–water partition coefficient (Wildman–Crippen LogP) is 1.18. The van der Waals surface area contributed by atoms with Crippen molar-refractivity contribution in [2.24, 2.45) is 0 Å². The first-order chi connectivity index (χ1) is 7.30. The molecule has 0 unspecified atom stereocenters. The highest BCUT2D eigenvalue weighted by atomic mass is 16.5. The molecule has 0 spiro atoms. The number of nitrogens with one attached hydrogen (secondary N) is 1. The third-order valence-electron chi connectivity index (χ3n) is 2.95. The molecule has 1 aliphatic rings. The molecule has 3 heteroatoms. The first kappa shape index (κ1) is 10.5. The van der Waals surface area contributed by atoms with Gasteiger partial charge >= 0.3 is 0 Å². The highest BCUT2D eigenvalue weighted by Gasteiger charge is 2.39. The molecule has 0 saturated carbocycles. The van der Waals surface area contributed by atoms with E-state index in [0.717, 1.165) is 25.5 Å². The van der Waals surface area contributed by atoms with Gasteiger partial charge in [-0.15, -0.1) is 0 Å². The minimum absolute atomic E-state index is 0.142. The number of benzene rings is 1. The highest BCUT2D eigenvalue weighted by molar-refractivity contribution is 5.35. The standard InChI is InChI=1S/C12H17NO2/c1-13-7-12(8-15-9-12)10-4-3-5-11(6-10)14-2/h3-6,13H,7-9H2,1-2H3. The number of rotatable bonds is 4. The Hall–Kier alpha value is -1.06. The normalized spacial score (nSPS) is 18.3. The molecule has 0 atom stereocenters. The van der Waals surface area contributed by atoms with Crippen molar-refractivity contribution in [2.45, 2.75) is 5.41 Å². The maximum Gasteiger partial charge on any atom is 0.119 e. The van der Waals surface area contributed by atoms with Gasteiger partial charge in [-0.25, -0.2) is 0 Å². The molecular formula is C12H17NO2. The Labute approximate surface area is 90.4 Å². The lowest BCUT2D eigenvalue weighted by Crippen LogP contribution is -2.52. The van der Waals surface area contributed by atoms with Gasteiger partial charge in [0.2, 0.25) is 0 Å². The number of ether oxygens (including phenoxy) is 2. The van der Waals surface area contributed by atoms with E-state index in [4.69, 9.17) is 9.47 Å². The molecular weight excluding hydrogens is 190 g/mol. The van der Waals surface area contributed by atoms with Crippen molar-refractivity contribution in [3.63, 3.8) is 0 Å². The van der Waals surface area contributed by atoms with E-state index in [9.17, 15) is 0 Å². The van der Waals surface area contributed by atoms with Crippen molar-refractivity contribution in [3.8, 4) is 5.75 Å². The number of hydrogen-bond acceptors (Lipinski definition) is 3. The largest absolute Gasteiger partial charge is 0.497 e. The van der Waals surface area contributed by atoms with Crippen LogP contribution >= 0.6 is 0 Å². The Balaban J connectivity index is 2.26. The minimum atomic E-state index is 0.142. The second-order valence-electron chi connectivity index (χ2n) is 4.04. The molecule has 15 heavy (non-hydrogen) atoms. The first-order valence-corrected chi connectivity index (χ1v) is 5.18. The summed E-state index contributed by atoms with van der Waals surface area (Å²) in [4.78, 5) is 0. The van der Waals surface area contributed by atoms with Crippen LogP contribution in [0.1, 0.15) is 5.56 Å². The van der Waals surface area contributed by atoms with Crippen LogP contribution in [0.25, 0.3) is 0 Å². The zero-order valence-corrected chi connectivity index (χ0v) is 9.25. The lowest BCUT2D eigenvalue weighted by molar-refractivity contribution is -0.0583. The van der Waals surface area contributed by atoms with Gasteiger partial charge in [0.05, 0.1) is 25.7 Å². The second kappa shape index (κ2) is 4.21. The summed E-state index contributed by atoms with van der Waals surface area (Å²) in [6, 6.07) is 8.24. The van der Waals surface area contributed by atoms with Crippen LogP contribution in [-0.2, 0) is 10.2 Å². The minimum Gasteiger partial charge on any atom is -0.497 e. The fourth-order valence-electron chi connectivity index (χ4n) is 2.01. The van der Waals surface area contributed by atoms with Crippen molar-refractivity contribution in [3.05, 3.63) is 29.8 Å². The summed E-state index contributed by atoms with van der Waals surface area (Å²) >= 11 is 0. The van der Waals surface area contributed by atoms with Crippen LogP contribution in [-0.4, -0.2) is 33.9 Å². The van der Waals surface area contributed by atoms with Crippen LogP contribution < -0.4 is 10.1 Å².